The lowest BCUT2D eigenvalue weighted by Crippen LogP contribution is -2.20. The number of nitrogens with zero attached hydrogens (tertiary/aromatic N) is 1. The number of carbonyl (C=O) groups excluding carboxylic acids is 1. The van der Waals surface area contributed by atoms with Crippen molar-refractivity contribution in [3.05, 3.63) is 29.3 Å². The summed E-state index contributed by atoms with van der Waals surface area (Å²) in [7, 11) is 0. The Labute approximate surface area is 101 Å². The minimum Gasteiger partial charge on any atom is -0.330 e. The van der Waals surface area contributed by atoms with Crippen molar-refractivity contribution in [2.45, 2.75) is 20.3 Å². The zero-order valence-corrected chi connectivity index (χ0v) is 10.2. The van der Waals surface area contributed by atoms with E-state index in [1.807, 2.05) is 26.0 Å². The number of hydrogen-bond acceptors (Lipinski definition) is 3. The van der Waals surface area contributed by atoms with Crippen LogP contribution < -0.4 is 11.1 Å². The van der Waals surface area contributed by atoms with Crippen LogP contribution in [0, 0.1) is 24.2 Å². The van der Waals surface area contributed by atoms with Crippen LogP contribution in [0.4, 0.5) is 5.69 Å². The van der Waals surface area contributed by atoms with Crippen molar-refractivity contribution in [1.82, 2.24) is 0 Å². The Kier molecular flexibility index (Phi) is 4.68. The lowest BCUT2D eigenvalue weighted by molar-refractivity contribution is -0.116. The molecule has 1 rings (SSSR count). The van der Waals surface area contributed by atoms with Gasteiger partial charge in [0.1, 0.15) is 6.07 Å². The molecule has 0 heterocycles. The maximum absolute atomic E-state index is 11.7. The van der Waals surface area contributed by atoms with E-state index in [4.69, 9.17) is 11.0 Å². The molecule has 90 valence electrons. The predicted octanol–water partition coefficient (Wildman–Crippen LogP) is 1.79. The van der Waals surface area contributed by atoms with Crippen molar-refractivity contribution in [2.24, 2.45) is 11.7 Å². The second kappa shape index (κ2) is 6.02. The van der Waals surface area contributed by atoms with Crippen LogP contribution in [0.3, 0.4) is 0 Å². The number of benzene rings is 1. The summed E-state index contributed by atoms with van der Waals surface area (Å²) >= 11 is 0. The van der Waals surface area contributed by atoms with Crippen LogP contribution in [0.25, 0.3) is 0 Å². The van der Waals surface area contributed by atoms with Crippen LogP contribution in [0.1, 0.15) is 24.5 Å². The van der Waals surface area contributed by atoms with Crippen LogP contribution in [0.15, 0.2) is 18.2 Å². The molecule has 0 saturated carbocycles. The average molecular weight is 231 g/mol. The Morgan fingerprint density at radius 2 is 2.29 bits per heavy atom. The predicted molar refractivity (Wildman–Crippen MR) is 67.4 cm³/mol. The van der Waals surface area contributed by atoms with Crippen molar-refractivity contribution in [3.63, 3.8) is 0 Å². The van der Waals surface area contributed by atoms with Gasteiger partial charge < -0.3 is 11.1 Å². The summed E-state index contributed by atoms with van der Waals surface area (Å²) in [5, 5.41) is 11.8. The van der Waals surface area contributed by atoms with Gasteiger partial charge in [-0.1, -0.05) is 19.1 Å². The highest BCUT2D eigenvalue weighted by Crippen LogP contribution is 2.18. The van der Waals surface area contributed by atoms with Crippen LogP contribution in [0.5, 0.6) is 0 Å². The first-order valence-corrected chi connectivity index (χ1v) is 5.58. The molecule has 1 aromatic rings. The second-order valence-electron chi connectivity index (χ2n) is 4.20. The van der Waals surface area contributed by atoms with Crippen LogP contribution >= 0.6 is 0 Å². The maximum Gasteiger partial charge on any atom is 0.224 e. The van der Waals surface area contributed by atoms with Gasteiger partial charge in [-0.15, -0.1) is 0 Å². The quantitative estimate of drug-likeness (QED) is 0.829. The summed E-state index contributed by atoms with van der Waals surface area (Å²) in [5.41, 5.74) is 7.41. The molecule has 4 heteroatoms. The zero-order chi connectivity index (χ0) is 12.8. The van der Waals surface area contributed by atoms with E-state index >= 15 is 0 Å². The van der Waals surface area contributed by atoms with E-state index in [9.17, 15) is 4.79 Å². The monoisotopic (exact) mass is 231 g/mol. The molecular formula is C13H17N3O. The van der Waals surface area contributed by atoms with E-state index in [2.05, 4.69) is 11.4 Å². The molecule has 0 radical (unpaired) electrons. The van der Waals surface area contributed by atoms with Gasteiger partial charge in [0.2, 0.25) is 5.91 Å². The molecule has 1 amide bonds. The van der Waals surface area contributed by atoms with Gasteiger partial charge in [-0.25, -0.2) is 0 Å². The summed E-state index contributed by atoms with van der Waals surface area (Å²) in [6.45, 7) is 4.24. The minimum atomic E-state index is -0.106. The molecule has 0 spiro atoms. The fraction of sp³-hybridized carbons (Fsp3) is 0.385. The van der Waals surface area contributed by atoms with Crippen LogP contribution in [-0.4, -0.2) is 12.5 Å². The van der Waals surface area contributed by atoms with Gasteiger partial charge in [0.05, 0.1) is 11.3 Å². The largest absolute Gasteiger partial charge is 0.330 e. The molecule has 17 heavy (non-hydrogen) atoms. The molecule has 0 aliphatic rings. The summed E-state index contributed by atoms with van der Waals surface area (Å²) < 4.78 is 0. The first kappa shape index (κ1) is 13.2. The number of carbonyl (C=O) groups is 1. The van der Waals surface area contributed by atoms with Gasteiger partial charge in [0.15, 0.2) is 0 Å². The lowest BCUT2D eigenvalue weighted by atomic mass is 10.1. The maximum atomic E-state index is 11.7. The fourth-order valence-electron chi connectivity index (χ4n) is 1.52. The number of aryl methyl sites for hydroxylation is 1. The Hall–Kier alpha value is -1.86. The summed E-state index contributed by atoms with van der Waals surface area (Å²) in [4.78, 5) is 11.7. The SMILES string of the molecule is Cc1cccc(NC(=O)CC(C)CN)c1C#N. The topological polar surface area (TPSA) is 78.9 Å². The molecule has 1 atom stereocenters. The van der Waals surface area contributed by atoms with Gasteiger partial charge in [0.25, 0.3) is 0 Å². The molecule has 0 saturated heterocycles. The fourth-order valence-corrected chi connectivity index (χ4v) is 1.52. The van der Waals surface area contributed by atoms with Crippen LogP contribution in [-0.2, 0) is 4.79 Å². The molecule has 0 aromatic heterocycles. The normalized spacial score (nSPS) is 11.6. The van der Waals surface area contributed by atoms with Crippen molar-refractivity contribution in [3.8, 4) is 6.07 Å². The molecule has 4 nitrogen and oxygen atoms in total. The van der Waals surface area contributed by atoms with Gasteiger partial charge >= 0.3 is 0 Å². The number of nitrogens with one attached hydrogen (secondary N) is 1. The first-order chi connectivity index (χ1) is 8.08. The van der Waals surface area contributed by atoms with E-state index in [-0.39, 0.29) is 11.8 Å². The number of rotatable bonds is 4. The van der Waals surface area contributed by atoms with E-state index in [0.29, 0.717) is 24.2 Å². The second-order valence-corrected chi connectivity index (χ2v) is 4.20. The highest BCUT2D eigenvalue weighted by molar-refractivity contribution is 5.92. The standard InChI is InChI=1S/C13H17N3O/c1-9(7-14)6-13(17)16-12-5-3-4-10(2)11(12)8-15/h3-5,9H,6-7,14H2,1-2H3,(H,16,17). The smallest absolute Gasteiger partial charge is 0.224 e. The lowest BCUT2D eigenvalue weighted by Gasteiger charge is -2.11. The van der Waals surface area contributed by atoms with Gasteiger partial charge in [-0.05, 0) is 31.0 Å². The molecule has 1 aromatic carbocycles. The van der Waals surface area contributed by atoms with E-state index in [1.165, 1.54) is 0 Å². The van der Waals surface area contributed by atoms with Gasteiger partial charge in [-0.2, -0.15) is 5.26 Å². The van der Waals surface area contributed by atoms with E-state index in [0.717, 1.165) is 5.56 Å². The van der Waals surface area contributed by atoms with E-state index in [1.54, 1.807) is 6.07 Å². The van der Waals surface area contributed by atoms with Crippen molar-refractivity contribution >= 4 is 11.6 Å². The molecule has 0 fully saturated rings. The molecule has 3 N–H and O–H groups in total. The third kappa shape index (κ3) is 3.58. The molecule has 0 aliphatic carbocycles. The van der Waals surface area contributed by atoms with Gasteiger partial charge in [-0.3, -0.25) is 4.79 Å². The highest BCUT2D eigenvalue weighted by atomic mass is 16.1. The molecule has 0 aliphatic heterocycles. The number of nitrogens with two attached hydrogens (primary N) is 1. The Bertz CT molecular complexity index is 448. The zero-order valence-electron chi connectivity index (χ0n) is 10.2. The van der Waals surface area contributed by atoms with Gasteiger partial charge in [0, 0.05) is 6.42 Å². The summed E-state index contributed by atoms with van der Waals surface area (Å²) in [5.74, 6) is 0.0374. The number of hydrogen-bond donors (Lipinski definition) is 2. The number of amides is 1. The summed E-state index contributed by atoms with van der Waals surface area (Å²) in [6, 6.07) is 7.49. The van der Waals surface area contributed by atoms with Crippen LogP contribution in [0.2, 0.25) is 0 Å². The first-order valence-electron chi connectivity index (χ1n) is 5.58. The number of anilines is 1. The summed E-state index contributed by atoms with van der Waals surface area (Å²) in [6.07, 6.45) is 0.370. The molecule has 0 bridgehead atoms. The minimum absolute atomic E-state index is 0.106. The third-order valence-electron chi connectivity index (χ3n) is 2.59. The highest BCUT2D eigenvalue weighted by Gasteiger charge is 2.11. The van der Waals surface area contributed by atoms with Crippen molar-refractivity contribution in [2.75, 3.05) is 11.9 Å². The Balaban J connectivity index is 2.79. The Morgan fingerprint density at radius 1 is 1.59 bits per heavy atom. The average Bonchev–Trinajstić information content (AvgIpc) is 2.29. The molecular weight excluding hydrogens is 214 g/mol. The molecule has 1 unspecified atom stereocenters. The van der Waals surface area contributed by atoms with Crippen molar-refractivity contribution in [1.29, 1.82) is 5.26 Å². The van der Waals surface area contributed by atoms with E-state index < -0.39 is 0 Å². The van der Waals surface area contributed by atoms with Crippen molar-refractivity contribution < 1.29 is 4.79 Å². The third-order valence-corrected chi connectivity index (χ3v) is 2.59. The number of nitriles is 1. The Morgan fingerprint density at radius 3 is 2.88 bits per heavy atom.